The van der Waals surface area contributed by atoms with Crippen molar-refractivity contribution in [3.63, 3.8) is 0 Å². The summed E-state index contributed by atoms with van der Waals surface area (Å²) in [5.74, 6) is -0.388. The molecule has 4 aromatic rings. The number of anilines is 1. The van der Waals surface area contributed by atoms with E-state index in [1.807, 2.05) is 78.9 Å². The van der Waals surface area contributed by atoms with Crippen LogP contribution in [0.2, 0.25) is 0 Å². The highest BCUT2D eigenvalue weighted by Gasteiger charge is 2.42. The monoisotopic (exact) mass is 653 g/mol. The number of aliphatic hydroxyl groups is 1. The van der Waals surface area contributed by atoms with Crippen LogP contribution in [-0.2, 0) is 37.0 Å². The molecule has 0 spiro atoms. The number of ether oxygens (including phenoxy) is 3. The van der Waals surface area contributed by atoms with E-state index in [0.717, 1.165) is 26.6 Å². The second-order valence-corrected chi connectivity index (χ2v) is 12.5. The van der Waals surface area contributed by atoms with Gasteiger partial charge in [0.1, 0.15) is 12.6 Å². The number of amides is 3. The molecule has 1 aromatic heterocycles. The fourth-order valence-electron chi connectivity index (χ4n) is 5.64. The first-order chi connectivity index (χ1) is 22.9. The maximum absolute atomic E-state index is 13.4. The van der Waals surface area contributed by atoms with Gasteiger partial charge in [0.05, 0.1) is 35.9 Å². The fourth-order valence-corrected chi connectivity index (χ4v) is 6.67. The van der Waals surface area contributed by atoms with Crippen molar-refractivity contribution >= 4 is 35.4 Å². The van der Waals surface area contributed by atoms with Crippen LogP contribution >= 0.6 is 11.8 Å². The number of carbonyl (C=O) groups is 3. The van der Waals surface area contributed by atoms with Gasteiger partial charge in [-0.15, -0.1) is 11.8 Å². The maximum atomic E-state index is 13.4. The molecule has 2 fully saturated rings. The first-order valence-corrected chi connectivity index (χ1v) is 16.4. The van der Waals surface area contributed by atoms with E-state index < -0.39 is 30.2 Å². The molecule has 5 atom stereocenters. The van der Waals surface area contributed by atoms with Crippen molar-refractivity contribution in [1.82, 2.24) is 10.3 Å². The van der Waals surface area contributed by atoms with Crippen LogP contribution in [0.4, 0.5) is 10.5 Å². The van der Waals surface area contributed by atoms with Crippen molar-refractivity contribution in [3.05, 3.63) is 126 Å². The van der Waals surface area contributed by atoms with E-state index in [2.05, 4.69) is 17.2 Å². The third-order valence-corrected chi connectivity index (χ3v) is 9.24. The molecule has 1 unspecified atom stereocenters. The van der Waals surface area contributed by atoms with Crippen molar-refractivity contribution in [2.75, 3.05) is 10.7 Å². The molecule has 2 aliphatic heterocycles. The number of carbonyl (C=O) groups excluding carboxylic acids is 3. The highest BCUT2D eigenvalue weighted by atomic mass is 32.2. The van der Waals surface area contributed by atoms with Gasteiger partial charge in [-0.3, -0.25) is 9.59 Å². The van der Waals surface area contributed by atoms with E-state index in [-0.39, 0.29) is 37.8 Å². The number of nitrogens with one attached hydrogen (secondary N) is 1. The molecule has 2 aliphatic rings. The van der Waals surface area contributed by atoms with E-state index in [4.69, 9.17) is 14.2 Å². The fraction of sp³-hybridized carbons (Fsp3) is 0.278. The zero-order valence-corrected chi connectivity index (χ0v) is 26.5. The van der Waals surface area contributed by atoms with Crippen LogP contribution in [0.5, 0.6) is 0 Å². The molecular weight excluding hydrogens is 618 g/mol. The quantitative estimate of drug-likeness (QED) is 0.163. The Labute approximate surface area is 277 Å². The number of hydrogen-bond donors (Lipinski definition) is 2. The third-order valence-electron chi connectivity index (χ3n) is 8.21. The minimum absolute atomic E-state index is 0.0270. The van der Waals surface area contributed by atoms with E-state index in [9.17, 15) is 19.5 Å². The van der Waals surface area contributed by atoms with E-state index in [1.54, 1.807) is 36.2 Å². The average Bonchev–Trinajstić information content (AvgIpc) is 3.39. The molecule has 2 N–H and O–H groups in total. The zero-order chi connectivity index (χ0) is 32.8. The minimum atomic E-state index is -1.04. The van der Waals surface area contributed by atoms with Crippen molar-refractivity contribution in [1.29, 1.82) is 0 Å². The van der Waals surface area contributed by atoms with E-state index in [0.29, 0.717) is 17.0 Å². The Bertz CT molecular complexity index is 1690. The van der Waals surface area contributed by atoms with Gasteiger partial charge in [-0.2, -0.15) is 0 Å². The molecule has 0 saturated carbocycles. The predicted molar refractivity (Wildman–Crippen MR) is 175 cm³/mol. The van der Waals surface area contributed by atoms with Gasteiger partial charge in [-0.25, -0.2) is 14.7 Å². The Morgan fingerprint density at radius 1 is 0.957 bits per heavy atom. The van der Waals surface area contributed by atoms with Gasteiger partial charge in [-0.05, 0) is 41.0 Å². The number of nitrogens with zero attached hydrogens (tertiary/aromatic N) is 2. The summed E-state index contributed by atoms with van der Waals surface area (Å²) in [5, 5.41) is 13.0. The highest BCUT2D eigenvalue weighted by Crippen LogP contribution is 2.43. The van der Waals surface area contributed by atoms with Gasteiger partial charge < -0.3 is 24.6 Å². The molecule has 3 aromatic carbocycles. The molecule has 0 radical (unpaired) electrons. The van der Waals surface area contributed by atoms with Crippen LogP contribution in [0.25, 0.3) is 0 Å². The van der Waals surface area contributed by atoms with Crippen LogP contribution in [-0.4, -0.2) is 45.9 Å². The van der Waals surface area contributed by atoms with Crippen LogP contribution < -0.4 is 10.2 Å². The molecule has 0 bridgehead atoms. The number of aliphatic hydroxyl groups excluding tert-OH is 1. The zero-order valence-electron chi connectivity index (χ0n) is 25.7. The van der Waals surface area contributed by atoms with Crippen LogP contribution in [0, 0.1) is 5.92 Å². The molecule has 3 amide bonds. The Kier molecular flexibility index (Phi) is 10.3. The van der Waals surface area contributed by atoms with Gasteiger partial charge >= 0.3 is 6.09 Å². The Morgan fingerprint density at radius 2 is 1.74 bits per heavy atom. The summed E-state index contributed by atoms with van der Waals surface area (Å²) in [6, 6.07) is 28.5. The molecular formula is C36H35N3O7S. The van der Waals surface area contributed by atoms with E-state index in [1.165, 1.54) is 0 Å². The third kappa shape index (κ3) is 7.71. The van der Waals surface area contributed by atoms with Crippen LogP contribution in [0.15, 0.2) is 108 Å². The van der Waals surface area contributed by atoms with Gasteiger partial charge in [0.15, 0.2) is 6.29 Å². The number of aromatic nitrogens is 1. The highest BCUT2D eigenvalue weighted by molar-refractivity contribution is 7.99. The number of pyridine rings is 1. The predicted octanol–water partition coefficient (Wildman–Crippen LogP) is 5.72. The van der Waals surface area contributed by atoms with Gasteiger partial charge in [0.25, 0.3) is 5.91 Å². The first kappa shape index (κ1) is 32.4. The Morgan fingerprint density at radius 3 is 2.49 bits per heavy atom. The molecule has 10 nitrogen and oxygen atoms in total. The smallest absolute Gasteiger partial charge is 0.408 e. The molecule has 2 saturated heterocycles. The van der Waals surface area contributed by atoms with Gasteiger partial charge in [-0.1, -0.05) is 79.7 Å². The standard InChI is InChI=1S/C36H35N3O7S/c1-23-30(22-47-31-12-5-6-17-37-31)45-35(46-33(23)26-15-13-24(20-40)14-16-26)27-10-7-11-28(18-27)39-32(41)19-29(34(39)42)38-36(43)44-21-25-8-3-2-4-9-25/h2-18,23,29-30,33,35,40H,19-22H2,1H3,(H,38,43)/t23-,29?,30+,33+,35+/m0/s1. The lowest BCUT2D eigenvalue weighted by molar-refractivity contribution is -0.268. The second-order valence-electron chi connectivity index (χ2n) is 11.4. The summed E-state index contributed by atoms with van der Waals surface area (Å²) < 4.78 is 18.4. The molecule has 242 valence electrons. The summed E-state index contributed by atoms with van der Waals surface area (Å²) in [6.45, 7) is 2.07. The normalized spacial score (nSPS) is 22.7. The minimum Gasteiger partial charge on any atom is -0.445 e. The molecule has 6 rings (SSSR count). The average molecular weight is 654 g/mol. The summed E-state index contributed by atoms with van der Waals surface area (Å²) >= 11 is 1.60. The van der Waals surface area contributed by atoms with E-state index >= 15 is 0 Å². The van der Waals surface area contributed by atoms with Crippen molar-refractivity contribution in [2.45, 2.75) is 56.1 Å². The Balaban J connectivity index is 1.18. The van der Waals surface area contributed by atoms with Gasteiger partial charge in [0.2, 0.25) is 5.91 Å². The molecule has 0 aliphatic carbocycles. The lowest BCUT2D eigenvalue weighted by Gasteiger charge is -2.41. The summed E-state index contributed by atoms with van der Waals surface area (Å²) in [4.78, 5) is 44.4. The topological polar surface area (TPSA) is 127 Å². The van der Waals surface area contributed by atoms with Crippen LogP contribution in [0.3, 0.4) is 0 Å². The molecule has 11 heteroatoms. The number of imide groups is 1. The lowest BCUT2D eigenvalue weighted by atomic mass is 9.91. The largest absolute Gasteiger partial charge is 0.445 e. The number of hydrogen-bond acceptors (Lipinski definition) is 9. The lowest BCUT2D eigenvalue weighted by Crippen LogP contribution is -2.42. The number of thioether (sulfide) groups is 1. The Hall–Kier alpha value is -4.55. The van der Waals surface area contributed by atoms with Crippen LogP contribution in [0.1, 0.15) is 48.0 Å². The number of alkyl carbamates (subject to hydrolysis) is 1. The maximum Gasteiger partial charge on any atom is 0.408 e. The SMILES string of the molecule is C[C@H]1[C@@H](CSc2ccccn2)O[C@@H](c2cccc(N3C(=O)CC(NC(=O)OCc4ccccc4)C3=O)c2)O[C@H]1c1ccc(CO)cc1. The summed E-state index contributed by atoms with van der Waals surface area (Å²) in [6.07, 6.45) is -0.553. The van der Waals surface area contributed by atoms with Crippen molar-refractivity contribution < 1.29 is 33.7 Å². The van der Waals surface area contributed by atoms with Crippen molar-refractivity contribution in [3.8, 4) is 0 Å². The number of benzene rings is 3. The second kappa shape index (κ2) is 14.9. The molecule has 47 heavy (non-hydrogen) atoms. The number of rotatable bonds is 10. The van der Waals surface area contributed by atoms with Gasteiger partial charge in [0, 0.05) is 23.4 Å². The first-order valence-electron chi connectivity index (χ1n) is 15.4. The van der Waals surface area contributed by atoms with Crippen molar-refractivity contribution in [2.24, 2.45) is 5.92 Å². The summed E-state index contributed by atoms with van der Waals surface area (Å²) in [7, 11) is 0. The molecule has 3 heterocycles. The summed E-state index contributed by atoms with van der Waals surface area (Å²) in [5.41, 5.74) is 3.55.